The number of rotatable bonds is 5. The number of hydrogen-bond acceptors (Lipinski definition) is 4. The molecule has 1 heterocycles. The number of hydrogen-bond donors (Lipinski definition) is 2. The van der Waals surface area contributed by atoms with Crippen LogP contribution in [-0.2, 0) is 0 Å². The maximum absolute atomic E-state index is 5.51. The molecule has 2 N–H and O–H groups in total. The molecule has 1 aromatic carbocycles. The Kier molecular flexibility index (Phi) is 5.66. The van der Waals surface area contributed by atoms with Crippen LogP contribution < -0.4 is 15.5 Å². The SMILES string of the molecule is CCOc1ccccc1/C=N\NC(=S)Nc1cccnc1. The van der Waals surface area contributed by atoms with E-state index in [1.165, 1.54) is 0 Å². The van der Waals surface area contributed by atoms with E-state index in [1.807, 2.05) is 43.3 Å². The Balaban J connectivity index is 1.92. The van der Waals surface area contributed by atoms with Crippen LogP contribution in [-0.4, -0.2) is 22.9 Å². The average Bonchev–Trinajstić information content (AvgIpc) is 2.50. The van der Waals surface area contributed by atoms with E-state index < -0.39 is 0 Å². The summed E-state index contributed by atoms with van der Waals surface area (Å²) < 4.78 is 5.51. The number of nitrogens with one attached hydrogen (secondary N) is 2. The molecule has 0 aliphatic carbocycles. The molecule has 0 radical (unpaired) electrons. The minimum absolute atomic E-state index is 0.396. The number of nitrogens with zero attached hydrogens (tertiary/aromatic N) is 2. The molecule has 2 aromatic rings. The van der Waals surface area contributed by atoms with Gasteiger partial charge in [0.05, 0.1) is 24.7 Å². The van der Waals surface area contributed by atoms with E-state index in [4.69, 9.17) is 17.0 Å². The molecule has 108 valence electrons. The van der Waals surface area contributed by atoms with Gasteiger partial charge in [0.15, 0.2) is 5.11 Å². The molecule has 1 aromatic heterocycles. The number of ether oxygens (including phenoxy) is 1. The van der Waals surface area contributed by atoms with Crippen LogP contribution in [0.2, 0.25) is 0 Å². The van der Waals surface area contributed by atoms with E-state index in [9.17, 15) is 0 Å². The molecule has 21 heavy (non-hydrogen) atoms. The van der Waals surface area contributed by atoms with Crippen molar-refractivity contribution >= 4 is 29.2 Å². The molecule has 0 amide bonds. The summed E-state index contributed by atoms with van der Waals surface area (Å²) in [6.07, 6.45) is 5.05. The summed E-state index contributed by atoms with van der Waals surface area (Å²) in [5, 5.41) is 7.48. The number of anilines is 1. The van der Waals surface area contributed by atoms with Crippen LogP contribution in [0.1, 0.15) is 12.5 Å². The van der Waals surface area contributed by atoms with Gasteiger partial charge in [-0.25, -0.2) is 0 Å². The molecule has 0 atom stereocenters. The van der Waals surface area contributed by atoms with Crippen molar-refractivity contribution in [1.82, 2.24) is 10.4 Å². The van der Waals surface area contributed by atoms with Crippen molar-refractivity contribution in [1.29, 1.82) is 0 Å². The Hall–Kier alpha value is -2.47. The third-order valence-electron chi connectivity index (χ3n) is 2.51. The lowest BCUT2D eigenvalue weighted by Gasteiger charge is -2.07. The summed E-state index contributed by atoms with van der Waals surface area (Å²) in [6, 6.07) is 11.4. The van der Waals surface area contributed by atoms with Gasteiger partial charge in [0.2, 0.25) is 0 Å². The topological polar surface area (TPSA) is 58.5 Å². The van der Waals surface area contributed by atoms with Crippen LogP contribution in [0.4, 0.5) is 5.69 Å². The maximum atomic E-state index is 5.51. The van der Waals surface area contributed by atoms with Crippen LogP contribution in [0.15, 0.2) is 53.9 Å². The highest BCUT2D eigenvalue weighted by Crippen LogP contribution is 2.15. The van der Waals surface area contributed by atoms with Crippen molar-refractivity contribution in [2.24, 2.45) is 5.10 Å². The number of pyridine rings is 1. The van der Waals surface area contributed by atoms with Gasteiger partial charge in [0.25, 0.3) is 0 Å². The zero-order valence-corrected chi connectivity index (χ0v) is 12.4. The molecule has 0 unspecified atom stereocenters. The molecule has 2 rings (SSSR count). The Labute approximate surface area is 129 Å². The van der Waals surface area contributed by atoms with Crippen LogP contribution >= 0.6 is 12.2 Å². The third-order valence-corrected chi connectivity index (χ3v) is 2.70. The molecular weight excluding hydrogens is 284 g/mol. The summed E-state index contributed by atoms with van der Waals surface area (Å²) in [4.78, 5) is 3.99. The predicted octanol–water partition coefficient (Wildman–Crippen LogP) is 2.80. The lowest BCUT2D eigenvalue weighted by atomic mass is 10.2. The number of para-hydroxylation sites is 1. The van der Waals surface area contributed by atoms with Crippen LogP contribution in [0, 0.1) is 0 Å². The Morgan fingerprint density at radius 2 is 2.19 bits per heavy atom. The summed E-state index contributed by atoms with van der Waals surface area (Å²) in [5.41, 5.74) is 4.45. The first-order chi connectivity index (χ1) is 10.3. The molecule has 0 spiro atoms. The standard InChI is InChI=1S/C15H16N4OS/c1-2-20-14-8-4-3-6-12(14)10-17-19-15(21)18-13-7-5-9-16-11-13/h3-11H,2H2,1H3,(H2,18,19,21)/b17-10-. The Bertz CT molecular complexity index is 616. The smallest absolute Gasteiger partial charge is 0.191 e. The molecule has 5 nitrogen and oxygen atoms in total. The van der Waals surface area contributed by atoms with E-state index in [1.54, 1.807) is 18.6 Å². The van der Waals surface area contributed by atoms with Gasteiger partial charge in [0, 0.05) is 11.8 Å². The van der Waals surface area contributed by atoms with E-state index in [-0.39, 0.29) is 0 Å². The predicted molar refractivity (Wildman–Crippen MR) is 88.8 cm³/mol. The lowest BCUT2D eigenvalue weighted by molar-refractivity contribution is 0.340. The maximum Gasteiger partial charge on any atom is 0.191 e. The van der Waals surface area contributed by atoms with Crippen molar-refractivity contribution in [3.8, 4) is 5.75 Å². The van der Waals surface area contributed by atoms with Gasteiger partial charge < -0.3 is 10.1 Å². The molecule has 0 saturated carbocycles. The molecule has 0 fully saturated rings. The number of thiocarbonyl (C=S) groups is 1. The van der Waals surface area contributed by atoms with E-state index in [0.29, 0.717) is 11.7 Å². The lowest BCUT2D eigenvalue weighted by Crippen LogP contribution is -2.23. The van der Waals surface area contributed by atoms with Gasteiger partial charge in [-0.3, -0.25) is 10.4 Å². The van der Waals surface area contributed by atoms with Crippen molar-refractivity contribution in [3.05, 3.63) is 54.4 Å². The minimum atomic E-state index is 0.396. The monoisotopic (exact) mass is 300 g/mol. The van der Waals surface area contributed by atoms with Gasteiger partial charge >= 0.3 is 0 Å². The number of aromatic nitrogens is 1. The molecule has 0 saturated heterocycles. The van der Waals surface area contributed by atoms with Crippen LogP contribution in [0.3, 0.4) is 0 Å². The van der Waals surface area contributed by atoms with Crippen molar-refractivity contribution in [2.75, 3.05) is 11.9 Å². The largest absolute Gasteiger partial charge is 0.493 e. The highest BCUT2D eigenvalue weighted by atomic mass is 32.1. The van der Waals surface area contributed by atoms with Crippen molar-refractivity contribution in [3.63, 3.8) is 0 Å². The van der Waals surface area contributed by atoms with Crippen LogP contribution in [0.25, 0.3) is 0 Å². The second-order valence-corrected chi connectivity index (χ2v) is 4.44. The van der Waals surface area contributed by atoms with E-state index >= 15 is 0 Å². The van der Waals surface area contributed by atoms with Crippen molar-refractivity contribution in [2.45, 2.75) is 6.92 Å². The Morgan fingerprint density at radius 3 is 2.95 bits per heavy atom. The zero-order chi connectivity index (χ0) is 14.9. The molecule has 0 aliphatic rings. The van der Waals surface area contributed by atoms with Crippen molar-refractivity contribution < 1.29 is 4.74 Å². The Morgan fingerprint density at radius 1 is 1.33 bits per heavy atom. The average molecular weight is 300 g/mol. The summed E-state index contributed by atoms with van der Waals surface area (Å²) >= 11 is 5.14. The number of hydrazone groups is 1. The van der Waals surface area contributed by atoms with Gasteiger partial charge in [-0.1, -0.05) is 12.1 Å². The highest BCUT2D eigenvalue weighted by molar-refractivity contribution is 7.80. The van der Waals surface area contributed by atoms with Crippen LogP contribution in [0.5, 0.6) is 5.75 Å². The molecule has 6 heteroatoms. The minimum Gasteiger partial charge on any atom is -0.493 e. The summed E-state index contributed by atoms with van der Waals surface area (Å²) in [5.74, 6) is 0.789. The fourth-order valence-corrected chi connectivity index (χ4v) is 1.80. The van der Waals surface area contributed by atoms with Gasteiger partial charge in [-0.05, 0) is 43.4 Å². The van der Waals surface area contributed by atoms with Gasteiger partial charge in [-0.15, -0.1) is 0 Å². The van der Waals surface area contributed by atoms with Gasteiger partial charge in [0.1, 0.15) is 5.75 Å². The molecule has 0 aliphatic heterocycles. The number of benzene rings is 1. The van der Waals surface area contributed by atoms with E-state index in [2.05, 4.69) is 20.8 Å². The molecule has 0 bridgehead atoms. The molecular formula is C15H16N4OS. The first-order valence-electron chi connectivity index (χ1n) is 6.51. The van der Waals surface area contributed by atoms with Gasteiger partial charge in [-0.2, -0.15) is 5.10 Å². The first-order valence-corrected chi connectivity index (χ1v) is 6.92. The highest BCUT2D eigenvalue weighted by Gasteiger charge is 1.99. The third kappa shape index (κ3) is 4.85. The summed E-state index contributed by atoms with van der Waals surface area (Å²) in [7, 11) is 0. The quantitative estimate of drug-likeness (QED) is 0.505. The van der Waals surface area contributed by atoms with E-state index in [0.717, 1.165) is 17.0 Å². The second-order valence-electron chi connectivity index (χ2n) is 4.04. The summed E-state index contributed by atoms with van der Waals surface area (Å²) in [6.45, 7) is 2.55. The fraction of sp³-hybridized carbons (Fsp3) is 0.133. The normalized spacial score (nSPS) is 10.3. The fourth-order valence-electron chi connectivity index (χ4n) is 1.63. The first kappa shape index (κ1) is 14.9. The zero-order valence-electron chi connectivity index (χ0n) is 11.6. The second kappa shape index (κ2) is 7.96.